The van der Waals surface area contributed by atoms with Crippen molar-refractivity contribution in [2.45, 2.75) is 90.1 Å². The summed E-state index contributed by atoms with van der Waals surface area (Å²) in [5.74, 6) is 1.44. The number of rotatable bonds is 5. The molecule has 2 aromatic heterocycles. The van der Waals surface area contributed by atoms with Gasteiger partial charge in [0.2, 0.25) is 0 Å². The number of hydrogen-bond acceptors (Lipinski definition) is 6. The largest absolute Gasteiger partial charge is 0.286 e. The Morgan fingerprint density at radius 3 is 2.53 bits per heavy atom. The topological polar surface area (TPSA) is 84.7 Å². The maximum absolute atomic E-state index is 12.6. The molecule has 2 saturated carbocycles. The Bertz CT molecular complexity index is 826. The third-order valence-electron chi connectivity index (χ3n) is 7.07. The van der Waals surface area contributed by atoms with Gasteiger partial charge >= 0.3 is 0 Å². The molecule has 4 rings (SSSR count). The Kier molecular flexibility index (Phi) is 6.25. The molecule has 0 spiro atoms. The molecule has 2 N–H and O–H groups in total. The maximum Gasteiger partial charge on any atom is 0.275 e. The van der Waals surface area contributed by atoms with Crippen molar-refractivity contribution in [3.63, 3.8) is 0 Å². The average molecular weight is 431 g/mol. The summed E-state index contributed by atoms with van der Waals surface area (Å²) < 4.78 is 2.06. The van der Waals surface area contributed by atoms with Crippen LogP contribution in [0, 0.1) is 11.3 Å². The lowest BCUT2D eigenvalue weighted by molar-refractivity contribution is 0.0751. The van der Waals surface area contributed by atoms with Crippen molar-refractivity contribution in [3.8, 4) is 0 Å². The molecule has 2 heterocycles. The minimum Gasteiger partial charge on any atom is -0.286 e. The van der Waals surface area contributed by atoms with Crippen LogP contribution in [0.1, 0.15) is 100 Å². The second-order valence-corrected chi connectivity index (χ2v) is 11.0. The molecule has 0 atom stereocenters. The van der Waals surface area contributed by atoms with Crippen molar-refractivity contribution in [2.75, 3.05) is 0 Å². The van der Waals surface area contributed by atoms with E-state index in [-0.39, 0.29) is 11.3 Å². The number of carbonyl (C=O) groups is 1. The standard InChI is InChI=1S/C22H34N6OS/c1-21(2,3)16-11-13-22(14-12-16,25-23-19(29)18-10-7-15-30-18)20-24-26-27-28(20)17-8-5-4-6-9-17/h7,10,15-17,25H,4-6,8-9,11-14H2,1-3H3,(H,23,29). The molecule has 0 aliphatic heterocycles. The van der Waals surface area contributed by atoms with Crippen LogP contribution >= 0.6 is 11.3 Å². The first kappa shape index (κ1) is 21.4. The number of tetrazole rings is 1. The van der Waals surface area contributed by atoms with Gasteiger partial charge in [0.1, 0.15) is 0 Å². The highest BCUT2D eigenvalue weighted by atomic mass is 32.1. The van der Waals surface area contributed by atoms with Crippen LogP contribution in [0.4, 0.5) is 0 Å². The minimum atomic E-state index is -0.435. The van der Waals surface area contributed by atoms with E-state index in [1.807, 2.05) is 17.5 Å². The Labute approximate surface area is 183 Å². The number of hydrogen-bond donors (Lipinski definition) is 2. The summed E-state index contributed by atoms with van der Waals surface area (Å²) in [6.07, 6.45) is 9.99. The fourth-order valence-electron chi connectivity index (χ4n) is 5.11. The van der Waals surface area contributed by atoms with E-state index in [2.05, 4.69) is 51.8 Å². The van der Waals surface area contributed by atoms with Gasteiger partial charge in [0.15, 0.2) is 5.82 Å². The molecule has 0 radical (unpaired) electrons. The van der Waals surface area contributed by atoms with Gasteiger partial charge in [0.05, 0.1) is 16.5 Å². The molecule has 8 heteroatoms. The Morgan fingerprint density at radius 2 is 1.90 bits per heavy atom. The molecule has 0 aromatic carbocycles. The first-order valence-corrected chi connectivity index (χ1v) is 12.2. The number of carbonyl (C=O) groups excluding carboxylic acids is 1. The van der Waals surface area contributed by atoms with Crippen molar-refractivity contribution in [2.24, 2.45) is 11.3 Å². The molecule has 2 aliphatic carbocycles. The second kappa shape index (κ2) is 8.75. The second-order valence-electron chi connectivity index (χ2n) is 10.0. The van der Waals surface area contributed by atoms with Crippen molar-refractivity contribution in [1.29, 1.82) is 0 Å². The Balaban J connectivity index is 1.58. The minimum absolute atomic E-state index is 0.0981. The van der Waals surface area contributed by atoms with Crippen molar-refractivity contribution >= 4 is 17.2 Å². The highest BCUT2D eigenvalue weighted by molar-refractivity contribution is 7.12. The molecule has 2 fully saturated rings. The summed E-state index contributed by atoms with van der Waals surface area (Å²) in [5.41, 5.74) is 6.25. The molecule has 0 bridgehead atoms. The molecule has 7 nitrogen and oxygen atoms in total. The summed E-state index contributed by atoms with van der Waals surface area (Å²) in [4.78, 5) is 13.4. The van der Waals surface area contributed by atoms with Crippen LogP contribution in [0.15, 0.2) is 17.5 Å². The van der Waals surface area contributed by atoms with Crippen LogP contribution in [0.5, 0.6) is 0 Å². The Hall–Kier alpha value is -1.80. The first-order valence-electron chi connectivity index (χ1n) is 11.3. The molecule has 164 valence electrons. The van der Waals surface area contributed by atoms with E-state index in [1.165, 1.54) is 30.6 Å². The van der Waals surface area contributed by atoms with Gasteiger partial charge in [-0.3, -0.25) is 10.2 Å². The number of aromatic nitrogens is 4. The van der Waals surface area contributed by atoms with Crippen LogP contribution in [-0.2, 0) is 5.54 Å². The summed E-state index contributed by atoms with van der Waals surface area (Å²) in [7, 11) is 0. The number of nitrogens with zero attached hydrogens (tertiary/aromatic N) is 4. The van der Waals surface area contributed by atoms with E-state index in [0.717, 1.165) is 44.3 Å². The lowest BCUT2D eigenvalue weighted by atomic mass is 9.67. The predicted molar refractivity (Wildman–Crippen MR) is 118 cm³/mol. The van der Waals surface area contributed by atoms with E-state index < -0.39 is 5.54 Å². The quantitative estimate of drug-likeness (QED) is 0.677. The summed E-state index contributed by atoms with van der Waals surface area (Å²) in [6, 6.07) is 4.10. The van der Waals surface area contributed by atoms with Crippen LogP contribution in [0.3, 0.4) is 0 Å². The zero-order chi connectivity index (χ0) is 21.2. The van der Waals surface area contributed by atoms with E-state index >= 15 is 0 Å². The number of nitrogens with one attached hydrogen (secondary N) is 2. The van der Waals surface area contributed by atoms with Gasteiger partial charge in [-0.25, -0.2) is 10.1 Å². The fourth-order valence-corrected chi connectivity index (χ4v) is 5.73. The van der Waals surface area contributed by atoms with Gasteiger partial charge in [-0.1, -0.05) is 46.1 Å². The molecule has 0 unspecified atom stereocenters. The Morgan fingerprint density at radius 1 is 1.17 bits per heavy atom. The smallest absolute Gasteiger partial charge is 0.275 e. The van der Waals surface area contributed by atoms with Gasteiger partial charge < -0.3 is 0 Å². The van der Waals surface area contributed by atoms with Crippen molar-refractivity contribution in [3.05, 3.63) is 28.2 Å². The zero-order valence-electron chi connectivity index (χ0n) is 18.4. The highest BCUT2D eigenvalue weighted by Crippen LogP contribution is 2.45. The summed E-state index contributed by atoms with van der Waals surface area (Å²) in [6.45, 7) is 6.97. The van der Waals surface area contributed by atoms with Crippen LogP contribution in [-0.4, -0.2) is 26.1 Å². The normalized spacial score (nSPS) is 25.9. The van der Waals surface area contributed by atoms with Crippen LogP contribution in [0.25, 0.3) is 0 Å². The monoisotopic (exact) mass is 430 g/mol. The third kappa shape index (κ3) is 4.44. The lowest BCUT2D eigenvalue weighted by Crippen LogP contribution is -2.55. The molecular formula is C22H34N6OS. The van der Waals surface area contributed by atoms with E-state index in [0.29, 0.717) is 16.8 Å². The van der Waals surface area contributed by atoms with Gasteiger partial charge in [-0.2, -0.15) is 0 Å². The SMILES string of the molecule is CC(C)(C)C1CCC(NNC(=O)c2cccs2)(c2nnnn2C2CCCCC2)CC1. The van der Waals surface area contributed by atoms with Gasteiger partial charge in [-0.05, 0) is 71.7 Å². The van der Waals surface area contributed by atoms with Crippen LogP contribution in [0.2, 0.25) is 0 Å². The first-order chi connectivity index (χ1) is 14.4. The molecule has 2 aliphatic rings. The third-order valence-corrected chi connectivity index (χ3v) is 7.93. The average Bonchev–Trinajstić information content (AvgIpc) is 3.44. The summed E-state index contributed by atoms with van der Waals surface area (Å²) in [5, 5.41) is 14.9. The summed E-state index contributed by atoms with van der Waals surface area (Å²) >= 11 is 1.45. The molecule has 2 aromatic rings. The van der Waals surface area contributed by atoms with Crippen LogP contribution < -0.4 is 10.9 Å². The van der Waals surface area contributed by atoms with E-state index in [9.17, 15) is 4.79 Å². The van der Waals surface area contributed by atoms with E-state index in [4.69, 9.17) is 0 Å². The molecular weight excluding hydrogens is 396 g/mol. The van der Waals surface area contributed by atoms with Gasteiger partial charge in [0.25, 0.3) is 5.91 Å². The molecule has 30 heavy (non-hydrogen) atoms. The zero-order valence-corrected chi connectivity index (χ0v) is 19.2. The fraction of sp³-hybridized carbons (Fsp3) is 0.727. The predicted octanol–water partition coefficient (Wildman–Crippen LogP) is 4.61. The lowest BCUT2D eigenvalue weighted by Gasteiger charge is -2.44. The highest BCUT2D eigenvalue weighted by Gasteiger charge is 2.44. The van der Waals surface area contributed by atoms with Gasteiger partial charge in [-0.15, -0.1) is 16.4 Å². The molecule has 0 saturated heterocycles. The number of amides is 1. The van der Waals surface area contributed by atoms with Crippen molar-refractivity contribution in [1.82, 2.24) is 31.1 Å². The van der Waals surface area contributed by atoms with E-state index in [1.54, 1.807) is 0 Å². The number of thiophene rings is 1. The van der Waals surface area contributed by atoms with Gasteiger partial charge in [0, 0.05) is 0 Å². The maximum atomic E-state index is 12.6. The number of hydrazine groups is 1. The van der Waals surface area contributed by atoms with Crippen molar-refractivity contribution < 1.29 is 4.79 Å². The molecule has 1 amide bonds.